The molecule has 0 aromatic heterocycles. The molecule has 0 bridgehead atoms. The summed E-state index contributed by atoms with van der Waals surface area (Å²) in [7, 11) is 2.62. The molecule has 0 N–H and O–H groups in total. The molecule has 2 heterocycles. The van der Waals surface area contributed by atoms with Gasteiger partial charge in [-0.3, -0.25) is 0 Å². The van der Waals surface area contributed by atoms with Crippen molar-refractivity contribution in [2.75, 3.05) is 20.8 Å². The molecule has 0 amide bonds. The van der Waals surface area contributed by atoms with Crippen molar-refractivity contribution in [3.63, 3.8) is 0 Å². The van der Waals surface area contributed by atoms with E-state index in [1.54, 1.807) is 17.2 Å². The molecule has 0 aliphatic carbocycles. The summed E-state index contributed by atoms with van der Waals surface area (Å²) in [4.78, 5) is 25.1. The maximum absolute atomic E-state index is 11.7. The topological polar surface area (TPSA) is 55.8 Å². The van der Waals surface area contributed by atoms with Crippen LogP contribution in [0, 0.1) is 0 Å². The van der Waals surface area contributed by atoms with Crippen LogP contribution >= 0.6 is 0 Å². The number of ether oxygens (including phenoxy) is 2. The van der Waals surface area contributed by atoms with Gasteiger partial charge in [-0.1, -0.05) is 6.08 Å². The molecular formula is C13H13NO4. The maximum Gasteiger partial charge on any atom is 0.339 e. The van der Waals surface area contributed by atoms with Crippen molar-refractivity contribution in [2.45, 2.75) is 0 Å². The Hall–Kier alpha value is -2.30. The Morgan fingerprint density at radius 3 is 2.56 bits per heavy atom. The molecule has 0 spiro atoms. The summed E-state index contributed by atoms with van der Waals surface area (Å²) >= 11 is 0. The van der Waals surface area contributed by atoms with Crippen LogP contribution in [-0.2, 0) is 19.1 Å². The zero-order chi connectivity index (χ0) is 13.1. The molecule has 0 aromatic carbocycles. The average Bonchev–Trinajstić information content (AvgIpc) is 2.44. The number of carbonyl (C=O) groups is 2. The van der Waals surface area contributed by atoms with Gasteiger partial charge >= 0.3 is 11.9 Å². The number of hydrogen-bond acceptors (Lipinski definition) is 5. The quantitative estimate of drug-likeness (QED) is 0.679. The fraction of sp³-hybridized carbons (Fsp3) is 0.231. The monoisotopic (exact) mass is 247 g/mol. The van der Waals surface area contributed by atoms with Crippen molar-refractivity contribution in [1.29, 1.82) is 0 Å². The third-order valence-electron chi connectivity index (χ3n) is 2.73. The van der Waals surface area contributed by atoms with Gasteiger partial charge in [0.25, 0.3) is 0 Å². The molecule has 18 heavy (non-hydrogen) atoms. The number of allylic oxidation sites excluding steroid dienone is 3. The van der Waals surface area contributed by atoms with Gasteiger partial charge in [0.2, 0.25) is 0 Å². The van der Waals surface area contributed by atoms with E-state index in [1.165, 1.54) is 20.3 Å². The largest absolute Gasteiger partial charge is 0.466 e. The van der Waals surface area contributed by atoms with Gasteiger partial charge in [-0.05, 0) is 18.2 Å². The van der Waals surface area contributed by atoms with E-state index in [9.17, 15) is 9.59 Å². The average molecular weight is 247 g/mol. The van der Waals surface area contributed by atoms with Gasteiger partial charge in [0.15, 0.2) is 0 Å². The Labute approximate surface area is 105 Å². The van der Waals surface area contributed by atoms with Crippen LogP contribution in [0.3, 0.4) is 0 Å². The van der Waals surface area contributed by atoms with E-state index in [4.69, 9.17) is 4.74 Å². The lowest BCUT2D eigenvalue weighted by Gasteiger charge is -2.29. The Bertz CT molecular complexity index is 511. The van der Waals surface area contributed by atoms with E-state index in [1.807, 2.05) is 12.2 Å². The molecule has 94 valence electrons. The fourth-order valence-electron chi connectivity index (χ4n) is 1.86. The van der Waals surface area contributed by atoms with Crippen molar-refractivity contribution in [3.8, 4) is 0 Å². The van der Waals surface area contributed by atoms with Gasteiger partial charge in [0.1, 0.15) is 0 Å². The Kier molecular flexibility index (Phi) is 3.32. The summed E-state index contributed by atoms with van der Waals surface area (Å²) in [6, 6.07) is 0. The summed E-state index contributed by atoms with van der Waals surface area (Å²) in [5.41, 5.74) is 1.49. The normalized spacial score (nSPS) is 17.2. The molecule has 0 unspecified atom stereocenters. The second-order valence-corrected chi connectivity index (χ2v) is 3.78. The Morgan fingerprint density at radius 2 is 1.89 bits per heavy atom. The molecule has 2 aliphatic rings. The van der Waals surface area contributed by atoms with Crippen LogP contribution in [0.25, 0.3) is 0 Å². The van der Waals surface area contributed by atoms with Crippen molar-refractivity contribution >= 4 is 11.9 Å². The molecule has 0 saturated carbocycles. The van der Waals surface area contributed by atoms with Gasteiger partial charge in [0.05, 0.1) is 37.6 Å². The third-order valence-corrected chi connectivity index (χ3v) is 2.73. The zero-order valence-corrected chi connectivity index (χ0v) is 10.2. The molecule has 5 nitrogen and oxygen atoms in total. The lowest BCUT2D eigenvalue weighted by atomic mass is 10.0. The summed E-state index contributed by atoms with van der Waals surface area (Å²) < 4.78 is 9.40. The summed E-state index contributed by atoms with van der Waals surface area (Å²) in [6.07, 6.45) is 8.78. The number of rotatable bonds is 2. The highest BCUT2D eigenvalue weighted by Crippen LogP contribution is 2.26. The number of hydrogen-bond donors (Lipinski definition) is 0. The first kappa shape index (κ1) is 12.2. The van der Waals surface area contributed by atoms with E-state index < -0.39 is 11.9 Å². The maximum atomic E-state index is 11.7. The number of nitrogens with zero attached hydrogens (tertiary/aromatic N) is 1. The van der Waals surface area contributed by atoms with Crippen LogP contribution < -0.4 is 0 Å². The van der Waals surface area contributed by atoms with E-state index in [-0.39, 0.29) is 0 Å². The van der Waals surface area contributed by atoms with Crippen molar-refractivity contribution in [2.24, 2.45) is 0 Å². The Morgan fingerprint density at radius 1 is 1.17 bits per heavy atom. The highest BCUT2D eigenvalue weighted by Gasteiger charge is 2.26. The van der Waals surface area contributed by atoms with Gasteiger partial charge in [-0.2, -0.15) is 0 Å². The molecule has 2 aliphatic heterocycles. The molecule has 0 radical (unpaired) electrons. The highest BCUT2D eigenvalue weighted by atomic mass is 16.5. The summed E-state index contributed by atoms with van der Waals surface area (Å²) in [5, 5.41) is 0. The first-order valence-corrected chi connectivity index (χ1v) is 5.40. The second-order valence-electron chi connectivity index (χ2n) is 3.78. The van der Waals surface area contributed by atoms with Crippen molar-refractivity contribution in [3.05, 3.63) is 47.3 Å². The van der Waals surface area contributed by atoms with E-state index in [2.05, 4.69) is 4.74 Å². The van der Waals surface area contributed by atoms with E-state index >= 15 is 0 Å². The molecule has 2 rings (SSSR count). The van der Waals surface area contributed by atoms with Crippen LogP contribution in [0.2, 0.25) is 0 Å². The molecule has 0 atom stereocenters. The third kappa shape index (κ3) is 2.07. The van der Waals surface area contributed by atoms with Gasteiger partial charge in [-0.25, -0.2) is 9.59 Å². The Balaban J connectivity index is 2.47. The fourth-order valence-corrected chi connectivity index (χ4v) is 1.86. The highest BCUT2D eigenvalue weighted by molar-refractivity contribution is 5.98. The van der Waals surface area contributed by atoms with Crippen LogP contribution in [0.15, 0.2) is 47.3 Å². The molecule has 0 aromatic rings. The first-order chi connectivity index (χ1) is 8.67. The molecule has 0 saturated heterocycles. The van der Waals surface area contributed by atoms with Crippen LogP contribution in [0.4, 0.5) is 0 Å². The predicted molar refractivity (Wildman–Crippen MR) is 64.1 cm³/mol. The summed E-state index contributed by atoms with van der Waals surface area (Å²) in [6.45, 7) is 0.378. The number of carbonyl (C=O) groups excluding carboxylic acids is 2. The second kappa shape index (κ2) is 4.91. The molecule has 5 heteroatoms. The van der Waals surface area contributed by atoms with Gasteiger partial charge in [-0.15, -0.1) is 0 Å². The zero-order valence-electron chi connectivity index (χ0n) is 10.2. The number of fused-ring (bicyclic) bond motifs is 1. The minimum atomic E-state index is -0.476. The van der Waals surface area contributed by atoms with E-state index in [0.29, 0.717) is 17.7 Å². The minimum absolute atomic E-state index is 0.352. The predicted octanol–water partition coefficient (Wildman–Crippen LogP) is 0.912. The number of esters is 2. The first-order valence-electron chi connectivity index (χ1n) is 5.40. The van der Waals surface area contributed by atoms with Gasteiger partial charge < -0.3 is 14.4 Å². The standard InChI is InChI=1S/C13H13NO4/c1-17-12(15)9-7-10(13(16)18-2)11-5-3-4-6-14(11)8-9/h3-7H,8H2,1-2H3. The minimum Gasteiger partial charge on any atom is -0.466 e. The lowest BCUT2D eigenvalue weighted by molar-refractivity contribution is -0.136. The lowest BCUT2D eigenvalue weighted by Crippen LogP contribution is -2.30. The van der Waals surface area contributed by atoms with E-state index in [0.717, 1.165) is 5.70 Å². The van der Waals surface area contributed by atoms with Crippen molar-refractivity contribution < 1.29 is 19.1 Å². The smallest absolute Gasteiger partial charge is 0.339 e. The SMILES string of the molecule is COC(=O)C1=CC(C(=O)OC)=C2C=CC=CN2C1. The van der Waals surface area contributed by atoms with Crippen molar-refractivity contribution in [1.82, 2.24) is 4.90 Å². The van der Waals surface area contributed by atoms with Crippen LogP contribution in [0.1, 0.15) is 0 Å². The number of methoxy groups -OCH3 is 2. The molecular weight excluding hydrogens is 234 g/mol. The van der Waals surface area contributed by atoms with Crippen LogP contribution in [-0.4, -0.2) is 37.6 Å². The van der Waals surface area contributed by atoms with Crippen LogP contribution in [0.5, 0.6) is 0 Å². The molecule has 0 fully saturated rings. The summed E-state index contributed by atoms with van der Waals surface area (Å²) in [5.74, 6) is -0.922. The van der Waals surface area contributed by atoms with Gasteiger partial charge in [0, 0.05) is 6.20 Å².